The van der Waals surface area contributed by atoms with Crippen LogP contribution in [0.1, 0.15) is 18.5 Å². The van der Waals surface area contributed by atoms with E-state index in [-0.39, 0.29) is 24.1 Å². The summed E-state index contributed by atoms with van der Waals surface area (Å²) in [4.78, 5) is 29.0. The molecule has 0 aliphatic carbocycles. The van der Waals surface area contributed by atoms with Crippen molar-refractivity contribution in [3.8, 4) is 0 Å². The summed E-state index contributed by atoms with van der Waals surface area (Å²) in [5, 5.41) is 11.7. The van der Waals surface area contributed by atoms with Gasteiger partial charge in [-0.25, -0.2) is 4.98 Å². The number of carbonyl (C=O) groups is 1. The molecule has 7 nitrogen and oxygen atoms in total. The molecule has 8 heteroatoms. The summed E-state index contributed by atoms with van der Waals surface area (Å²) in [6.45, 7) is 1.80. The highest BCUT2D eigenvalue weighted by Gasteiger charge is 2.12. The van der Waals surface area contributed by atoms with Crippen molar-refractivity contribution < 1.29 is 4.79 Å². The normalized spacial score (nSPS) is 12.4. The standard InChI is InChI=1S/C13H13N5O2S/c1-8(9-4-15-16-5-9)17-11(19)6-18-7-14-12-10(13(18)20)2-3-21-12/h2-5,7-8H,6H2,1H3,(H,15,16)(H,17,19). The maximum Gasteiger partial charge on any atom is 0.262 e. The fourth-order valence-corrected chi connectivity index (χ4v) is 2.75. The van der Waals surface area contributed by atoms with Crippen molar-refractivity contribution in [1.29, 1.82) is 0 Å². The van der Waals surface area contributed by atoms with Gasteiger partial charge in [-0.05, 0) is 18.4 Å². The number of carbonyl (C=O) groups excluding carboxylic acids is 1. The van der Waals surface area contributed by atoms with Crippen molar-refractivity contribution in [1.82, 2.24) is 25.1 Å². The molecular weight excluding hydrogens is 290 g/mol. The van der Waals surface area contributed by atoms with Gasteiger partial charge < -0.3 is 5.32 Å². The van der Waals surface area contributed by atoms with Gasteiger partial charge in [0.15, 0.2) is 0 Å². The second kappa shape index (κ2) is 5.49. The van der Waals surface area contributed by atoms with E-state index in [1.165, 1.54) is 22.2 Å². The smallest absolute Gasteiger partial charge is 0.262 e. The van der Waals surface area contributed by atoms with Crippen LogP contribution in [0.5, 0.6) is 0 Å². The number of thiophene rings is 1. The van der Waals surface area contributed by atoms with E-state index in [4.69, 9.17) is 0 Å². The van der Waals surface area contributed by atoms with E-state index in [1.54, 1.807) is 18.5 Å². The van der Waals surface area contributed by atoms with Crippen LogP contribution in [0, 0.1) is 0 Å². The van der Waals surface area contributed by atoms with Gasteiger partial charge >= 0.3 is 0 Å². The molecule has 3 aromatic rings. The zero-order valence-electron chi connectivity index (χ0n) is 11.2. The molecule has 0 aromatic carbocycles. The van der Waals surface area contributed by atoms with E-state index in [2.05, 4.69) is 20.5 Å². The number of fused-ring (bicyclic) bond motifs is 1. The number of hydrogen-bond donors (Lipinski definition) is 2. The molecule has 1 amide bonds. The molecular formula is C13H13N5O2S. The van der Waals surface area contributed by atoms with Gasteiger partial charge in [0, 0.05) is 11.8 Å². The van der Waals surface area contributed by atoms with Crippen molar-refractivity contribution in [3.63, 3.8) is 0 Å². The second-order valence-corrected chi connectivity index (χ2v) is 5.53. The SMILES string of the molecule is CC(NC(=O)Cn1cnc2sccc2c1=O)c1cn[nH]c1. The van der Waals surface area contributed by atoms with Crippen molar-refractivity contribution in [2.45, 2.75) is 19.5 Å². The molecule has 3 heterocycles. The number of amides is 1. The van der Waals surface area contributed by atoms with Crippen LogP contribution in [0.4, 0.5) is 0 Å². The van der Waals surface area contributed by atoms with Crippen LogP contribution >= 0.6 is 11.3 Å². The van der Waals surface area contributed by atoms with Gasteiger partial charge in [-0.3, -0.25) is 19.3 Å². The number of aromatic amines is 1. The van der Waals surface area contributed by atoms with E-state index < -0.39 is 0 Å². The highest BCUT2D eigenvalue weighted by Crippen LogP contribution is 2.13. The predicted molar refractivity (Wildman–Crippen MR) is 79.0 cm³/mol. The lowest BCUT2D eigenvalue weighted by molar-refractivity contribution is -0.122. The lowest BCUT2D eigenvalue weighted by Gasteiger charge is -2.12. The topological polar surface area (TPSA) is 92.7 Å². The minimum atomic E-state index is -0.248. The van der Waals surface area contributed by atoms with Crippen LogP contribution in [0.25, 0.3) is 10.2 Å². The van der Waals surface area contributed by atoms with Crippen LogP contribution in [0.2, 0.25) is 0 Å². The number of nitrogens with one attached hydrogen (secondary N) is 2. The molecule has 0 spiro atoms. The molecule has 3 aromatic heterocycles. The zero-order valence-corrected chi connectivity index (χ0v) is 12.1. The van der Waals surface area contributed by atoms with Crippen molar-refractivity contribution in [2.75, 3.05) is 0 Å². The molecule has 3 rings (SSSR count). The minimum Gasteiger partial charge on any atom is -0.348 e. The van der Waals surface area contributed by atoms with Crippen LogP contribution < -0.4 is 10.9 Å². The first kappa shape index (κ1) is 13.5. The van der Waals surface area contributed by atoms with Gasteiger partial charge in [0.25, 0.3) is 5.56 Å². The molecule has 2 N–H and O–H groups in total. The Morgan fingerprint density at radius 1 is 1.57 bits per heavy atom. The van der Waals surface area contributed by atoms with E-state index in [9.17, 15) is 9.59 Å². The van der Waals surface area contributed by atoms with E-state index >= 15 is 0 Å². The maximum atomic E-state index is 12.2. The molecule has 0 aliphatic heterocycles. The van der Waals surface area contributed by atoms with Gasteiger partial charge in [-0.2, -0.15) is 5.10 Å². The largest absolute Gasteiger partial charge is 0.348 e. The maximum absolute atomic E-state index is 12.2. The fraction of sp³-hybridized carbons (Fsp3) is 0.231. The molecule has 0 saturated heterocycles. The number of aromatic nitrogens is 4. The number of hydrogen-bond acceptors (Lipinski definition) is 5. The first-order valence-corrected chi connectivity index (χ1v) is 7.24. The lowest BCUT2D eigenvalue weighted by Crippen LogP contribution is -2.33. The quantitative estimate of drug-likeness (QED) is 0.753. The third-order valence-electron chi connectivity index (χ3n) is 3.16. The molecule has 0 aliphatic rings. The summed E-state index contributed by atoms with van der Waals surface area (Å²) in [7, 11) is 0. The Morgan fingerprint density at radius 3 is 3.19 bits per heavy atom. The molecule has 1 unspecified atom stereocenters. The number of nitrogens with zero attached hydrogens (tertiary/aromatic N) is 3. The minimum absolute atomic E-state index is 0.0557. The van der Waals surface area contributed by atoms with Gasteiger partial charge in [-0.1, -0.05) is 0 Å². The molecule has 0 saturated carbocycles. The fourth-order valence-electron chi connectivity index (χ4n) is 2.03. The van der Waals surface area contributed by atoms with Crippen LogP contribution in [-0.4, -0.2) is 25.7 Å². The number of rotatable bonds is 4. The Kier molecular flexibility index (Phi) is 3.53. The summed E-state index contributed by atoms with van der Waals surface area (Å²) in [5.74, 6) is -0.248. The highest BCUT2D eigenvalue weighted by molar-refractivity contribution is 7.16. The summed E-state index contributed by atoms with van der Waals surface area (Å²) < 4.78 is 1.31. The van der Waals surface area contributed by atoms with Crippen molar-refractivity contribution >= 4 is 27.5 Å². The Hall–Kier alpha value is -2.48. The Labute approximate surface area is 123 Å². The lowest BCUT2D eigenvalue weighted by atomic mass is 10.2. The van der Waals surface area contributed by atoms with Crippen molar-refractivity contribution in [2.24, 2.45) is 0 Å². The third kappa shape index (κ3) is 2.70. The van der Waals surface area contributed by atoms with E-state index in [0.29, 0.717) is 10.2 Å². The van der Waals surface area contributed by atoms with Crippen molar-refractivity contribution in [3.05, 3.63) is 46.1 Å². The highest BCUT2D eigenvalue weighted by atomic mass is 32.1. The molecule has 108 valence electrons. The van der Waals surface area contributed by atoms with Gasteiger partial charge in [0.05, 0.1) is 24.0 Å². The first-order chi connectivity index (χ1) is 10.1. The van der Waals surface area contributed by atoms with Crippen LogP contribution in [0.3, 0.4) is 0 Å². The zero-order chi connectivity index (χ0) is 14.8. The molecule has 0 radical (unpaired) electrons. The first-order valence-electron chi connectivity index (χ1n) is 6.36. The average Bonchev–Trinajstić information content (AvgIpc) is 3.12. The Balaban J connectivity index is 1.74. The predicted octanol–water partition coefficient (Wildman–Crippen LogP) is 1.06. The number of H-pyrrole nitrogens is 1. The van der Waals surface area contributed by atoms with E-state index in [1.807, 2.05) is 12.3 Å². The van der Waals surface area contributed by atoms with Gasteiger partial charge in [0.2, 0.25) is 5.91 Å². The van der Waals surface area contributed by atoms with Crippen LogP contribution in [-0.2, 0) is 11.3 Å². The molecule has 0 fully saturated rings. The van der Waals surface area contributed by atoms with Gasteiger partial charge in [-0.15, -0.1) is 11.3 Å². The van der Waals surface area contributed by atoms with Crippen LogP contribution in [0.15, 0.2) is 35.0 Å². The monoisotopic (exact) mass is 303 g/mol. The van der Waals surface area contributed by atoms with Gasteiger partial charge in [0.1, 0.15) is 11.4 Å². The molecule has 0 bridgehead atoms. The average molecular weight is 303 g/mol. The summed E-state index contributed by atoms with van der Waals surface area (Å²) in [6, 6.07) is 1.54. The summed E-state index contributed by atoms with van der Waals surface area (Å²) >= 11 is 1.40. The molecule has 1 atom stereocenters. The Bertz CT molecular complexity index is 821. The van der Waals surface area contributed by atoms with E-state index in [0.717, 1.165) is 5.56 Å². The summed E-state index contributed by atoms with van der Waals surface area (Å²) in [5.41, 5.74) is 0.675. The Morgan fingerprint density at radius 2 is 2.43 bits per heavy atom. The summed E-state index contributed by atoms with van der Waals surface area (Å²) in [6.07, 6.45) is 4.77. The third-order valence-corrected chi connectivity index (χ3v) is 3.98. The molecule has 21 heavy (non-hydrogen) atoms. The second-order valence-electron chi connectivity index (χ2n) is 4.64.